The number of aryl methyl sites for hydroxylation is 1. The summed E-state index contributed by atoms with van der Waals surface area (Å²) in [7, 11) is 0. The molecule has 1 aliphatic carbocycles. The van der Waals surface area contributed by atoms with Crippen LogP contribution in [0.2, 0.25) is 0 Å². The number of aliphatic carboxylic acids is 1. The van der Waals surface area contributed by atoms with Gasteiger partial charge in [-0.3, -0.25) is 0 Å². The first-order valence-electron chi connectivity index (χ1n) is 6.58. The minimum absolute atomic E-state index is 0.147. The van der Waals surface area contributed by atoms with E-state index in [0.29, 0.717) is 10.9 Å². The summed E-state index contributed by atoms with van der Waals surface area (Å²) in [6, 6.07) is 10.1. The molecule has 0 heterocycles. The van der Waals surface area contributed by atoms with Crippen LogP contribution in [-0.2, 0) is 11.2 Å². The molecule has 3 nitrogen and oxygen atoms in total. The second-order valence-electron chi connectivity index (χ2n) is 5.06. The minimum Gasteiger partial charge on any atom is -0.478 e. The summed E-state index contributed by atoms with van der Waals surface area (Å²) in [5.74, 6) is -0.970. The molecule has 0 aliphatic heterocycles. The Kier molecular flexibility index (Phi) is 4.78. The first-order valence-corrected chi connectivity index (χ1v) is 7.37. The van der Waals surface area contributed by atoms with E-state index in [2.05, 4.69) is 28.1 Å². The number of rotatable bonds is 5. The van der Waals surface area contributed by atoms with Gasteiger partial charge in [0.2, 0.25) is 0 Å². The van der Waals surface area contributed by atoms with E-state index in [0.717, 1.165) is 12.8 Å². The molecule has 0 fully saturated rings. The lowest BCUT2D eigenvalue weighted by Crippen LogP contribution is -2.33. The Morgan fingerprint density at radius 1 is 1.25 bits per heavy atom. The first kappa shape index (κ1) is 15.0. The normalized spacial score (nSPS) is 22.1. The van der Waals surface area contributed by atoms with Crippen molar-refractivity contribution >= 4 is 21.9 Å². The van der Waals surface area contributed by atoms with Gasteiger partial charge in [0.05, 0.1) is 0 Å². The summed E-state index contributed by atoms with van der Waals surface area (Å²) in [6.45, 7) is 0. The third-order valence-electron chi connectivity index (χ3n) is 3.53. The van der Waals surface area contributed by atoms with E-state index >= 15 is 0 Å². The minimum atomic E-state index is -1.10. The third kappa shape index (κ3) is 3.58. The van der Waals surface area contributed by atoms with Crippen LogP contribution in [0.25, 0.3) is 0 Å². The lowest BCUT2D eigenvalue weighted by Gasteiger charge is -2.30. The largest absolute Gasteiger partial charge is 0.478 e. The van der Waals surface area contributed by atoms with E-state index in [1.807, 2.05) is 18.2 Å². The van der Waals surface area contributed by atoms with Crippen LogP contribution in [0.1, 0.15) is 24.8 Å². The molecule has 0 bridgehead atoms. The predicted octanol–water partition coefficient (Wildman–Crippen LogP) is 3.43. The molecule has 1 atom stereocenters. The molecular formula is C16H17BrO3. The van der Waals surface area contributed by atoms with Crippen molar-refractivity contribution in [3.63, 3.8) is 0 Å². The highest BCUT2D eigenvalue weighted by Gasteiger charge is 2.34. The topological polar surface area (TPSA) is 57.5 Å². The van der Waals surface area contributed by atoms with Gasteiger partial charge in [-0.2, -0.15) is 0 Å². The van der Waals surface area contributed by atoms with Crippen molar-refractivity contribution in [3.05, 3.63) is 58.1 Å². The average Bonchev–Trinajstić information content (AvgIpc) is 2.43. The van der Waals surface area contributed by atoms with Gasteiger partial charge in [0.15, 0.2) is 0 Å². The Hall–Kier alpha value is -1.39. The van der Waals surface area contributed by atoms with Crippen molar-refractivity contribution in [2.45, 2.75) is 31.3 Å². The first-order chi connectivity index (χ1) is 9.51. The van der Waals surface area contributed by atoms with Crippen LogP contribution in [0.3, 0.4) is 0 Å². The number of carboxylic acid groups (broad SMARTS) is 1. The van der Waals surface area contributed by atoms with Gasteiger partial charge in [0.1, 0.15) is 5.60 Å². The highest BCUT2D eigenvalue weighted by Crippen LogP contribution is 2.37. The molecule has 0 spiro atoms. The number of benzene rings is 1. The highest BCUT2D eigenvalue weighted by atomic mass is 79.9. The summed E-state index contributed by atoms with van der Waals surface area (Å²) < 4.78 is 0.656. The monoisotopic (exact) mass is 336 g/mol. The third-order valence-corrected chi connectivity index (χ3v) is 4.53. The molecule has 0 amide bonds. The van der Waals surface area contributed by atoms with Crippen LogP contribution in [0.5, 0.6) is 0 Å². The standard InChI is InChI=1S/C16H17BrO3/c17-14-9-8-13(15(18)19)11-16(14,20)10-4-7-12-5-2-1-3-6-12/h1-3,5-6,8-9,20H,4,7,10-11H2,(H,18,19)/t16-/m0/s1. The van der Waals surface area contributed by atoms with Crippen LogP contribution in [0, 0.1) is 0 Å². The number of aliphatic hydroxyl groups is 1. The van der Waals surface area contributed by atoms with Crippen LogP contribution in [0.15, 0.2) is 52.5 Å². The fourth-order valence-electron chi connectivity index (χ4n) is 2.37. The molecule has 1 aliphatic rings. The average molecular weight is 337 g/mol. The maximum atomic E-state index is 11.0. The zero-order valence-corrected chi connectivity index (χ0v) is 12.6. The number of carbonyl (C=O) groups is 1. The summed E-state index contributed by atoms with van der Waals surface area (Å²) in [6.07, 6.45) is 5.53. The van der Waals surface area contributed by atoms with Crippen LogP contribution in [0.4, 0.5) is 0 Å². The van der Waals surface area contributed by atoms with Crippen molar-refractivity contribution in [1.82, 2.24) is 0 Å². The van der Waals surface area contributed by atoms with Gasteiger partial charge in [-0.25, -0.2) is 4.79 Å². The number of halogens is 1. The Morgan fingerprint density at radius 3 is 2.60 bits per heavy atom. The van der Waals surface area contributed by atoms with Gasteiger partial charge in [0.25, 0.3) is 0 Å². The Morgan fingerprint density at radius 2 is 1.95 bits per heavy atom. The SMILES string of the molecule is O=C(O)C1=CC=C(Br)[C@](O)(CCCc2ccccc2)C1. The predicted molar refractivity (Wildman–Crippen MR) is 81.7 cm³/mol. The lowest BCUT2D eigenvalue weighted by atomic mass is 9.85. The number of allylic oxidation sites excluding steroid dienone is 2. The van der Waals surface area contributed by atoms with E-state index in [-0.39, 0.29) is 12.0 Å². The summed E-state index contributed by atoms with van der Waals surface area (Å²) in [5.41, 5.74) is 0.369. The maximum absolute atomic E-state index is 11.0. The number of hydrogen-bond donors (Lipinski definition) is 2. The van der Waals surface area contributed by atoms with Crippen molar-refractivity contribution in [1.29, 1.82) is 0 Å². The fourth-order valence-corrected chi connectivity index (χ4v) is 2.84. The smallest absolute Gasteiger partial charge is 0.331 e. The molecule has 0 unspecified atom stereocenters. The molecule has 0 saturated heterocycles. The molecule has 2 rings (SSSR count). The van der Waals surface area contributed by atoms with Gasteiger partial charge in [-0.15, -0.1) is 0 Å². The zero-order valence-electron chi connectivity index (χ0n) is 11.1. The van der Waals surface area contributed by atoms with Gasteiger partial charge in [-0.1, -0.05) is 52.3 Å². The van der Waals surface area contributed by atoms with Gasteiger partial charge in [-0.05, 0) is 30.9 Å². The zero-order chi connectivity index (χ0) is 14.6. The number of hydrogen-bond acceptors (Lipinski definition) is 2. The summed E-state index contributed by atoms with van der Waals surface area (Å²) in [4.78, 5) is 11.0. The fraction of sp³-hybridized carbons (Fsp3) is 0.312. The summed E-state index contributed by atoms with van der Waals surface area (Å²) in [5, 5.41) is 19.7. The molecule has 0 radical (unpaired) electrons. The molecular weight excluding hydrogens is 320 g/mol. The molecule has 4 heteroatoms. The van der Waals surface area contributed by atoms with E-state index in [4.69, 9.17) is 5.11 Å². The lowest BCUT2D eigenvalue weighted by molar-refractivity contribution is -0.133. The van der Waals surface area contributed by atoms with Crippen molar-refractivity contribution in [2.24, 2.45) is 0 Å². The summed E-state index contributed by atoms with van der Waals surface area (Å²) >= 11 is 3.35. The highest BCUT2D eigenvalue weighted by molar-refractivity contribution is 9.11. The Bertz CT molecular complexity index is 548. The number of carboxylic acids is 1. The molecule has 2 N–H and O–H groups in total. The van der Waals surface area contributed by atoms with Gasteiger partial charge in [0, 0.05) is 16.5 Å². The molecule has 0 saturated carbocycles. The van der Waals surface area contributed by atoms with E-state index in [1.165, 1.54) is 11.6 Å². The Labute approximate surface area is 126 Å². The molecule has 0 aromatic heterocycles. The van der Waals surface area contributed by atoms with E-state index < -0.39 is 11.6 Å². The van der Waals surface area contributed by atoms with E-state index in [1.54, 1.807) is 6.08 Å². The van der Waals surface area contributed by atoms with Crippen molar-refractivity contribution < 1.29 is 15.0 Å². The molecule has 20 heavy (non-hydrogen) atoms. The van der Waals surface area contributed by atoms with Gasteiger partial charge >= 0.3 is 5.97 Å². The second-order valence-corrected chi connectivity index (χ2v) is 5.91. The maximum Gasteiger partial charge on any atom is 0.331 e. The quantitative estimate of drug-likeness (QED) is 0.865. The molecule has 1 aromatic rings. The Balaban J connectivity index is 1.96. The van der Waals surface area contributed by atoms with Gasteiger partial charge < -0.3 is 10.2 Å². The van der Waals surface area contributed by atoms with Crippen molar-refractivity contribution in [2.75, 3.05) is 0 Å². The molecule has 1 aromatic carbocycles. The van der Waals surface area contributed by atoms with Crippen LogP contribution < -0.4 is 0 Å². The van der Waals surface area contributed by atoms with Crippen molar-refractivity contribution in [3.8, 4) is 0 Å². The second kappa shape index (κ2) is 6.37. The van der Waals surface area contributed by atoms with Crippen LogP contribution in [-0.4, -0.2) is 21.8 Å². The molecule has 106 valence electrons. The van der Waals surface area contributed by atoms with Crippen LogP contribution >= 0.6 is 15.9 Å². The van der Waals surface area contributed by atoms with E-state index in [9.17, 15) is 9.90 Å².